The highest BCUT2D eigenvalue weighted by molar-refractivity contribution is 5.90. The molecule has 2 N–H and O–H groups in total. The fourth-order valence-electron chi connectivity index (χ4n) is 1.92. The monoisotopic (exact) mass is 311 g/mol. The summed E-state index contributed by atoms with van der Waals surface area (Å²) in [5, 5.41) is 14.3. The molecule has 0 aliphatic carbocycles. The third-order valence-corrected chi connectivity index (χ3v) is 3.01. The van der Waals surface area contributed by atoms with E-state index in [1.54, 1.807) is 43.5 Å². The Labute approximate surface area is 134 Å². The number of carbonyl (C=O) groups excluding carboxylic acids is 1. The Morgan fingerprint density at radius 2 is 1.83 bits per heavy atom. The third kappa shape index (κ3) is 4.64. The van der Waals surface area contributed by atoms with Crippen LogP contribution in [0.15, 0.2) is 48.5 Å². The Morgan fingerprint density at radius 1 is 1.13 bits per heavy atom. The van der Waals surface area contributed by atoms with Gasteiger partial charge in [-0.3, -0.25) is 0 Å². The quantitative estimate of drug-likeness (QED) is 0.804. The summed E-state index contributed by atoms with van der Waals surface area (Å²) < 4.78 is 10.7. The second-order valence-electron chi connectivity index (χ2n) is 4.54. The fourth-order valence-corrected chi connectivity index (χ4v) is 1.92. The zero-order valence-electron chi connectivity index (χ0n) is 12.7. The number of methoxy groups -OCH3 is 1. The highest BCUT2D eigenvalue weighted by atomic mass is 16.5. The van der Waals surface area contributed by atoms with Gasteiger partial charge in [0.1, 0.15) is 12.7 Å². The van der Waals surface area contributed by atoms with E-state index >= 15 is 0 Å². The third-order valence-electron chi connectivity index (χ3n) is 3.01. The Bertz CT molecular complexity index is 710. The van der Waals surface area contributed by atoms with E-state index in [1.165, 1.54) is 0 Å². The summed E-state index contributed by atoms with van der Waals surface area (Å²) in [5.41, 5.74) is 0.881. The van der Waals surface area contributed by atoms with E-state index < -0.39 is 6.03 Å². The maximum atomic E-state index is 11.8. The molecule has 23 heavy (non-hydrogen) atoms. The van der Waals surface area contributed by atoms with Gasteiger partial charge in [0.2, 0.25) is 0 Å². The number of hydrogen-bond donors (Lipinski definition) is 2. The lowest BCUT2D eigenvalue weighted by Gasteiger charge is -2.11. The number of rotatable bonds is 6. The zero-order chi connectivity index (χ0) is 16.5. The number of nitrogens with one attached hydrogen (secondary N) is 2. The van der Waals surface area contributed by atoms with Crippen molar-refractivity contribution in [2.45, 2.75) is 0 Å². The van der Waals surface area contributed by atoms with E-state index in [1.807, 2.05) is 18.2 Å². The second-order valence-corrected chi connectivity index (χ2v) is 4.54. The molecule has 2 aromatic carbocycles. The average Bonchev–Trinajstić information content (AvgIpc) is 2.59. The Balaban J connectivity index is 1.78. The van der Waals surface area contributed by atoms with E-state index in [-0.39, 0.29) is 0 Å². The summed E-state index contributed by atoms with van der Waals surface area (Å²) in [7, 11) is 1.57. The van der Waals surface area contributed by atoms with Gasteiger partial charge in [-0.15, -0.1) is 0 Å². The minimum Gasteiger partial charge on any atom is -0.493 e. The molecule has 118 valence electrons. The Morgan fingerprint density at radius 3 is 2.57 bits per heavy atom. The van der Waals surface area contributed by atoms with Gasteiger partial charge in [-0.25, -0.2) is 4.79 Å². The molecule has 0 bridgehead atoms. The molecule has 0 saturated heterocycles. The molecule has 2 rings (SSSR count). The fraction of sp³-hybridized carbons (Fsp3) is 0.176. The molecule has 0 unspecified atom stereocenters. The van der Waals surface area contributed by atoms with Crippen LogP contribution in [0.25, 0.3) is 0 Å². The maximum absolute atomic E-state index is 11.8. The molecule has 2 aromatic rings. The van der Waals surface area contributed by atoms with E-state index in [2.05, 4.69) is 10.6 Å². The number of hydrogen-bond acceptors (Lipinski definition) is 4. The lowest BCUT2D eigenvalue weighted by molar-refractivity contribution is 0.246. The van der Waals surface area contributed by atoms with Gasteiger partial charge >= 0.3 is 6.03 Å². The van der Waals surface area contributed by atoms with Crippen molar-refractivity contribution >= 4 is 11.7 Å². The minimum absolute atomic E-state index is 0.299. The summed E-state index contributed by atoms with van der Waals surface area (Å²) in [5.74, 6) is 1.26. The average molecular weight is 311 g/mol. The lowest BCUT2D eigenvalue weighted by atomic mass is 10.2. The predicted octanol–water partition coefficient (Wildman–Crippen LogP) is 2.77. The van der Waals surface area contributed by atoms with Crippen molar-refractivity contribution in [1.29, 1.82) is 5.26 Å². The van der Waals surface area contributed by atoms with Gasteiger partial charge in [0, 0.05) is 0 Å². The molecule has 0 radical (unpaired) electrons. The molecular formula is C17H17N3O3. The smallest absolute Gasteiger partial charge is 0.319 e. The van der Waals surface area contributed by atoms with E-state index in [0.717, 1.165) is 0 Å². The van der Waals surface area contributed by atoms with E-state index in [9.17, 15) is 4.79 Å². The number of carbonyl (C=O) groups is 1. The standard InChI is InChI=1S/C17H17N3O3/c1-22-15-8-4-5-9-16(15)23-11-10-19-17(21)20-14-7-3-2-6-13(14)12-18/h2-9H,10-11H2,1H3,(H2,19,20,21). The first-order valence-corrected chi connectivity index (χ1v) is 7.04. The van der Waals surface area contributed by atoms with Crippen LogP contribution < -0.4 is 20.1 Å². The molecule has 0 heterocycles. The Hall–Kier alpha value is -3.20. The highest BCUT2D eigenvalue weighted by Gasteiger charge is 2.06. The first kappa shape index (κ1) is 16.2. The number of amides is 2. The van der Waals surface area contributed by atoms with Crippen LogP contribution in [0.2, 0.25) is 0 Å². The number of ether oxygens (including phenoxy) is 2. The molecule has 0 saturated carbocycles. The van der Waals surface area contributed by atoms with Crippen molar-refractivity contribution in [2.75, 3.05) is 25.6 Å². The first-order valence-electron chi connectivity index (χ1n) is 7.04. The molecule has 6 heteroatoms. The van der Waals surface area contributed by atoms with Crippen molar-refractivity contribution in [3.63, 3.8) is 0 Å². The van der Waals surface area contributed by atoms with Crippen molar-refractivity contribution in [2.24, 2.45) is 0 Å². The molecule has 0 atom stereocenters. The molecular weight excluding hydrogens is 294 g/mol. The van der Waals surface area contributed by atoms with Gasteiger partial charge in [-0.2, -0.15) is 5.26 Å². The van der Waals surface area contributed by atoms with Crippen LogP contribution >= 0.6 is 0 Å². The normalized spacial score (nSPS) is 9.57. The summed E-state index contributed by atoms with van der Waals surface area (Å²) >= 11 is 0. The van der Waals surface area contributed by atoms with Crippen molar-refractivity contribution in [3.05, 3.63) is 54.1 Å². The van der Waals surface area contributed by atoms with E-state index in [0.29, 0.717) is 35.9 Å². The van der Waals surface area contributed by atoms with Gasteiger partial charge in [0.05, 0.1) is 24.9 Å². The number of anilines is 1. The lowest BCUT2D eigenvalue weighted by Crippen LogP contribution is -2.32. The molecule has 0 spiro atoms. The highest BCUT2D eigenvalue weighted by Crippen LogP contribution is 2.25. The molecule has 6 nitrogen and oxygen atoms in total. The number of para-hydroxylation sites is 3. The predicted molar refractivity (Wildman–Crippen MR) is 86.7 cm³/mol. The van der Waals surface area contributed by atoms with Crippen LogP contribution in [-0.4, -0.2) is 26.3 Å². The van der Waals surface area contributed by atoms with Gasteiger partial charge in [-0.05, 0) is 24.3 Å². The Kier molecular flexibility index (Phi) is 5.83. The van der Waals surface area contributed by atoms with Gasteiger partial charge in [-0.1, -0.05) is 24.3 Å². The number of benzene rings is 2. The van der Waals surface area contributed by atoms with Crippen molar-refractivity contribution in [1.82, 2.24) is 5.32 Å². The van der Waals surface area contributed by atoms with Crippen LogP contribution in [0.3, 0.4) is 0 Å². The summed E-state index contributed by atoms with van der Waals surface area (Å²) in [6, 6.07) is 15.7. The molecule has 2 amide bonds. The van der Waals surface area contributed by atoms with Gasteiger partial charge < -0.3 is 20.1 Å². The molecule has 0 aromatic heterocycles. The molecule has 0 fully saturated rings. The van der Waals surface area contributed by atoms with Gasteiger partial charge in [0.15, 0.2) is 11.5 Å². The number of nitriles is 1. The number of nitrogens with zero attached hydrogens (tertiary/aromatic N) is 1. The largest absolute Gasteiger partial charge is 0.493 e. The van der Waals surface area contributed by atoms with Crippen LogP contribution in [0.4, 0.5) is 10.5 Å². The first-order chi connectivity index (χ1) is 11.2. The van der Waals surface area contributed by atoms with E-state index in [4.69, 9.17) is 14.7 Å². The number of urea groups is 1. The van der Waals surface area contributed by atoms with Crippen molar-refractivity contribution < 1.29 is 14.3 Å². The zero-order valence-corrected chi connectivity index (χ0v) is 12.7. The van der Waals surface area contributed by atoms with Crippen LogP contribution in [-0.2, 0) is 0 Å². The summed E-state index contributed by atoms with van der Waals surface area (Å²) in [6.45, 7) is 0.617. The summed E-state index contributed by atoms with van der Waals surface area (Å²) in [6.07, 6.45) is 0. The van der Waals surface area contributed by atoms with Crippen molar-refractivity contribution in [3.8, 4) is 17.6 Å². The minimum atomic E-state index is -0.392. The SMILES string of the molecule is COc1ccccc1OCCNC(=O)Nc1ccccc1C#N. The second kappa shape index (κ2) is 8.29. The molecule has 0 aliphatic heterocycles. The summed E-state index contributed by atoms with van der Waals surface area (Å²) in [4.78, 5) is 11.8. The van der Waals surface area contributed by atoms with Crippen LogP contribution in [0, 0.1) is 11.3 Å². The van der Waals surface area contributed by atoms with Crippen LogP contribution in [0.5, 0.6) is 11.5 Å². The van der Waals surface area contributed by atoms with Gasteiger partial charge in [0.25, 0.3) is 0 Å². The maximum Gasteiger partial charge on any atom is 0.319 e. The van der Waals surface area contributed by atoms with Crippen LogP contribution in [0.1, 0.15) is 5.56 Å². The molecule has 0 aliphatic rings. The topological polar surface area (TPSA) is 83.4 Å².